The molecule has 0 aliphatic rings. The van der Waals surface area contributed by atoms with Crippen LogP contribution >= 0.6 is 11.6 Å². The number of carbonyl (C=O) groups excluding carboxylic acids is 1. The molecule has 2 N–H and O–H groups in total. The molecule has 88 valence electrons. The van der Waals surface area contributed by atoms with E-state index in [-0.39, 0.29) is 12.5 Å². The number of carbonyl (C=O) groups is 1. The van der Waals surface area contributed by atoms with Crippen molar-refractivity contribution in [1.82, 2.24) is 25.9 Å². The number of H-pyrrole nitrogens is 1. The smallest absolute Gasteiger partial charge is 0.251 e. The number of aryl methyl sites for hydroxylation is 1. The van der Waals surface area contributed by atoms with Crippen molar-refractivity contribution in [3.63, 3.8) is 0 Å². The molecule has 0 bridgehead atoms. The Balaban J connectivity index is 2.04. The largest absolute Gasteiger partial charge is 0.345 e. The first-order chi connectivity index (χ1) is 8.16. The molecule has 0 unspecified atom stereocenters. The maximum atomic E-state index is 11.8. The third-order valence-electron chi connectivity index (χ3n) is 2.23. The average Bonchev–Trinajstić information content (AvgIpc) is 2.78. The lowest BCUT2D eigenvalue weighted by Gasteiger charge is -2.06. The average molecular weight is 252 g/mol. The molecule has 1 heterocycles. The highest BCUT2D eigenvalue weighted by atomic mass is 35.5. The molecule has 0 aliphatic heterocycles. The standard InChI is InChI=1S/C10H10ClN5O/c1-6-4-7(11)2-3-8(6)10(17)12-5-9-13-15-16-14-9/h2-4H,5H2,1H3,(H,12,17)(H,13,14,15,16). The zero-order valence-electron chi connectivity index (χ0n) is 9.07. The molecule has 1 aromatic carbocycles. The van der Waals surface area contributed by atoms with Gasteiger partial charge in [-0.1, -0.05) is 16.8 Å². The van der Waals surface area contributed by atoms with E-state index in [4.69, 9.17) is 11.6 Å². The fourth-order valence-electron chi connectivity index (χ4n) is 1.39. The Morgan fingerprint density at radius 1 is 1.53 bits per heavy atom. The van der Waals surface area contributed by atoms with Crippen molar-refractivity contribution < 1.29 is 4.79 Å². The first-order valence-corrected chi connectivity index (χ1v) is 5.31. The van der Waals surface area contributed by atoms with Crippen LogP contribution in [0.4, 0.5) is 0 Å². The normalized spacial score (nSPS) is 10.2. The van der Waals surface area contributed by atoms with Gasteiger partial charge in [0.2, 0.25) is 0 Å². The molecular formula is C10H10ClN5O. The number of aromatic amines is 1. The molecule has 2 aromatic rings. The Labute approximate surface area is 102 Å². The quantitative estimate of drug-likeness (QED) is 0.855. The zero-order chi connectivity index (χ0) is 12.3. The van der Waals surface area contributed by atoms with Crippen molar-refractivity contribution in [3.8, 4) is 0 Å². The number of nitrogens with zero attached hydrogens (tertiary/aromatic N) is 3. The van der Waals surface area contributed by atoms with Gasteiger partial charge in [0.15, 0.2) is 5.82 Å². The summed E-state index contributed by atoms with van der Waals surface area (Å²) < 4.78 is 0. The summed E-state index contributed by atoms with van der Waals surface area (Å²) in [4.78, 5) is 11.8. The van der Waals surface area contributed by atoms with Crippen molar-refractivity contribution in [3.05, 3.63) is 40.2 Å². The predicted molar refractivity (Wildman–Crippen MR) is 61.5 cm³/mol. The van der Waals surface area contributed by atoms with E-state index in [1.54, 1.807) is 18.2 Å². The summed E-state index contributed by atoms with van der Waals surface area (Å²) in [5.74, 6) is 0.244. The summed E-state index contributed by atoms with van der Waals surface area (Å²) in [6.07, 6.45) is 0. The molecule has 0 atom stereocenters. The highest BCUT2D eigenvalue weighted by Gasteiger charge is 2.09. The topological polar surface area (TPSA) is 83.6 Å². The number of hydrogen-bond acceptors (Lipinski definition) is 4. The first-order valence-electron chi connectivity index (χ1n) is 4.93. The predicted octanol–water partition coefficient (Wildman–Crippen LogP) is 1.09. The maximum Gasteiger partial charge on any atom is 0.251 e. The summed E-state index contributed by atoms with van der Waals surface area (Å²) in [6.45, 7) is 2.06. The van der Waals surface area contributed by atoms with E-state index in [1.807, 2.05) is 6.92 Å². The Morgan fingerprint density at radius 3 is 3.00 bits per heavy atom. The van der Waals surface area contributed by atoms with Gasteiger partial charge in [-0.05, 0) is 30.7 Å². The second kappa shape index (κ2) is 4.92. The van der Waals surface area contributed by atoms with E-state index >= 15 is 0 Å². The number of hydrogen-bond donors (Lipinski definition) is 2. The second-order valence-electron chi connectivity index (χ2n) is 3.47. The zero-order valence-corrected chi connectivity index (χ0v) is 9.82. The van der Waals surface area contributed by atoms with Gasteiger partial charge in [0, 0.05) is 10.6 Å². The van der Waals surface area contributed by atoms with E-state index in [9.17, 15) is 4.79 Å². The van der Waals surface area contributed by atoms with E-state index in [1.165, 1.54) is 0 Å². The summed E-state index contributed by atoms with van der Waals surface area (Å²) in [5, 5.41) is 16.5. The van der Waals surface area contributed by atoms with E-state index in [2.05, 4.69) is 25.9 Å². The lowest BCUT2D eigenvalue weighted by molar-refractivity contribution is 0.0949. The highest BCUT2D eigenvalue weighted by molar-refractivity contribution is 6.30. The number of amides is 1. The molecule has 0 spiro atoms. The van der Waals surface area contributed by atoms with Gasteiger partial charge in [0.25, 0.3) is 5.91 Å². The molecule has 0 aliphatic carbocycles. The molecule has 17 heavy (non-hydrogen) atoms. The minimum atomic E-state index is -0.191. The molecule has 1 aromatic heterocycles. The van der Waals surface area contributed by atoms with Gasteiger partial charge in [-0.3, -0.25) is 4.79 Å². The molecule has 0 saturated carbocycles. The molecule has 6 nitrogen and oxygen atoms in total. The lowest BCUT2D eigenvalue weighted by Crippen LogP contribution is -2.24. The SMILES string of the molecule is Cc1cc(Cl)ccc1C(=O)NCc1nn[nH]n1. The summed E-state index contributed by atoms with van der Waals surface area (Å²) >= 11 is 5.82. The number of aromatic nitrogens is 4. The van der Waals surface area contributed by atoms with E-state index in [0.29, 0.717) is 16.4 Å². The third kappa shape index (κ3) is 2.79. The lowest BCUT2D eigenvalue weighted by atomic mass is 10.1. The molecular weight excluding hydrogens is 242 g/mol. The Kier molecular flexibility index (Phi) is 3.34. The van der Waals surface area contributed by atoms with Gasteiger partial charge < -0.3 is 5.32 Å². The Bertz CT molecular complexity index is 525. The van der Waals surface area contributed by atoms with Crippen molar-refractivity contribution >= 4 is 17.5 Å². The highest BCUT2D eigenvalue weighted by Crippen LogP contribution is 2.14. The summed E-state index contributed by atoms with van der Waals surface area (Å²) in [7, 11) is 0. The number of tetrazole rings is 1. The van der Waals surface area contributed by atoms with Gasteiger partial charge in [-0.2, -0.15) is 5.21 Å². The number of rotatable bonds is 3. The van der Waals surface area contributed by atoms with Crippen molar-refractivity contribution in [2.75, 3.05) is 0 Å². The van der Waals surface area contributed by atoms with Crippen LogP contribution in [0.2, 0.25) is 5.02 Å². The van der Waals surface area contributed by atoms with Gasteiger partial charge in [-0.25, -0.2) is 0 Å². The first kappa shape index (κ1) is 11.5. The molecule has 7 heteroatoms. The van der Waals surface area contributed by atoms with Crippen LogP contribution in [0, 0.1) is 6.92 Å². The summed E-state index contributed by atoms with van der Waals surface area (Å²) in [6, 6.07) is 5.10. The number of halogens is 1. The van der Waals surface area contributed by atoms with Crippen LogP contribution in [0.15, 0.2) is 18.2 Å². The van der Waals surface area contributed by atoms with Crippen LogP contribution in [0.3, 0.4) is 0 Å². The molecule has 0 saturated heterocycles. The van der Waals surface area contributed by atoms with Crippen LogP contribution in [0.1, 0.15) is 21.7 Å². The fraction of sp³-hybridized carbons (Fsp3) is 0.200. The van der Waals surface area contributed by atoms with Crippen LogP contribution in [-0.4, -0.2) is 26.5 Å². The second-order valence-corrected chi connectivity index (χ2v) is 3.91. The minimum absolute atomic E-state index is 0.191. The van der Waals surface area contributed by atoms with Gasteiger partial charge in [0.1, 0.15) is 0 Å². The molecule has 2 rings (SSSR count). The Hall–Kier alpha value is -1.95. The maximum absolute atomic E-state index is 11.8. The van der Waals surface area contributed by atoms with Crippen molar-refractivity contribution in [2.45, 2.75) is 13.5 Å². The number of nitrogens with one attached hydrogen (secondary N) is 2. The Morgan fingerprint density at radius 2 is 2.35 bits per heavy atom. The van der Waals surface area contributed by atoms with Gasteiger partial charge in [0.05, 0.1) is 6.54 Å². The summed E-state index contributed by atoms with van der Waals surface area (Å²) in [5.41, 5.74) is 1.40. The monoisotopic (exact) mass is 251 g/mol. The van der Waals surface area contributed by atoms with Crippen LogP contribution in [-0.2, 0) is 6.54 Å². The fourth-order valence-corrected chi connectivity index (χ4v) is 1.62. The van der Waals surface area contributed by atoms with Crippen molar-refractivity contribution in [2.24, 2.45) is 0 Å². The van der Waals surface area contributed by atoms with Crippen LogP contribution in [0.25, 0.3) is 0 Å². The van der Waals surface area contributed by atoms with Gasteiger partial charge in [-0.15, -0.1) is 10.2 Å². The molecule has 1 amide bonds. The van der Waals surface area contributed by atoms with Crippen molar-refractivity contribution in [1.29, 1.82) is 0 Å². The third-order valence-corrected chi connectivity index (χ3v) is 2.46. The van der Waals surface area contributed by atoms with Gasteiger partial charge >= 0.3 is 0 Å². The van der Waals surface area contributed by atoms with E-state index < -0.39 is 0 Å². The van der Waals surface area contributed by atoms with E-state index in [0.717, 1.165) is 5.56 Å². The minimum Gasteiger partial charge on any atom is -0.345 e. The van der Waals surface area contributed by atoms with Crippen LogP contribution in [0.5, 0.6) is 0 Å². The molecule has 0 radical (unpaired) electrons. The molecule has 0 fully saturated rings. The van der Waals surface area contributed by atoms with Crippen LogP contribution < -0.4 is 5.32 Å². The number of benzene rings is 1.